The van der Waals surface area contributed by atoms with E-state index in [0.717, 1.165) is 0 Å². The molecule has 0 fully saturated rings. The van der Waals surface area contributed by atoms with Crippen LogP contribution >= 0.6 is 0 Å². The molecule has 0 aliphatic carbocycles. The number of nitrogens with two attached hydrogens (primary N) is 1. The van der Waals surface area contributed by atoms with Gasteiger partial charge in [0.1, 0.15) is 11.2 Å². The van der Waals surface area contributed by atoms with Gasteiger partial charge in [-0.1, -0.05) is 5.75 Å². The molecule has 2 radical (unpaired) electrons. The van der Waals surface area contributed by atoms with Crippen LogP contribution in [0.3, 0.4) is 0 Å². The number of hydrogen-bond acceptors (Lipinski definition) is 4. The standard InChI is InChI=1S/C5H12NO2S.CH5N.CH3.2Y/c1-3-9(7,8)5-4-6-2;1-2;;;/h6H,1,3-5H2,2H3;2H2,1H3;1H3;;/q-1;;-1;;/i/hD. The van der Waals surface area contributed by atoms with E-state index in [1.807, 2.05) is 5.73 Å². The summed E-state index contributed by atoms with van der Waals surface area (Å²) in [5, 5.41) is 2.75. The average molecular weight is 375 g/mol. The van der Waals surface area contributed by atoms with Crippen LogP contribution in [0.2, 0.25) is 1.41 Å². The maximum absolute atomic E-state index is 10.7. The van der Waals surface area contributed by atoms with Gasteiger partial charge in [0.15, 0.2) is 0 Å². The fraction of sp³-hybridized carbons (Fsp3) is 0.714. The molecule has 7 heteroatoms. The van der Waals surface area contributed by atoms with E-state index in [9.17, 15) is 8.42 Å². The molecule has 14 heavy (non-hydrogen) atoms. The Morgan fingerprint density at radius 1 is 1.50 bits per heavy atom. The fourth-order valence-electron chi connectivity index (χ4n) is 0.360. The molecule has 0 unspecified atom stereocenters. The van der Waals surface area contributed by atoms with Gasteiger partial charge >= 0.3 is 0 Å². The van der Waals surface area contributed by atoms with Crippen molar-refractivity contribution >= 4 is 9.84 Å². The van der Waals surface area contributed by atoms with Gasteiger partial charge < -0.3 is 25.4 Å². The van der Waals surface area contributed by atoms with Crippen molar-refractivity contribution in [2.24, 2.45) is 5.73 Å². The largest absolute Gasteiger partial charge is 0.358 e. The van der Waals surface area contributed by atoms with Crippen LogP contribution in [0.4, 0.5) is 0 Å². The molecule has 0 aromatic carbocycles. The summed E-state index contributed by atoms with van der Waals surface area (Å²) < 4.78 is 27.3. The Bertz CT molecular complexity index is 180. The SMILES string of the molecule is [2H]NC.[CH2-]CS(=O)(=O)CCNC.[CH3-].[Y].[Y]. The minimum atomic E-state index is -2.86. The first-order valence-electron chi connectivity index (χ1n) is 3.76. The zero-order chi connectivity index (χ0) is 10.0. The molecule has 0 rings (SSSR count). The molecule has 0 aliphatic heterocycles. The Morgan fingerprint density at radius 3 is 2.07 bits per heavy atom. The Morgan fingerprint density at radius 2 is 1.86 bits per heavy atom. The van der Waals surface area contributed by atoms with Gasteiger partial charge in [0.2, 0.25) is 0 Å². The van der Waals surface area contributed by atoms with E-state index in [1.54, 1.807) is 14.1 Å². The first kappa shape index (κ1) is 25.1. The van der Waals surface area contributed by atoms with Crippen molar-refractivity contribution in [3.05, 3.63) is 14.4 Å². The minimum absolute atomic E-state index is 0. The quantitative estimate of drug-likeness (QED) is 0.649. The summed E-state index contributed by atoms with van der Waals surface area (Å²) in [4.78, 5) is 0. The second-order valence-electron chi connectivity index (χ2n) is 1.76. The van der Waals surface area contributed by atoms with Crippen molar-refractivity contribution in [2.75, 3.05) is 32.1 Å². The second-order valence-corrected chi connectivity index (χ2v) is 4.06. The monoisotopic (exact) mass is 375 g/mol. The molecule has 0 heterocycles. The first-order chi connectivity index (χ1) is 5.54. The molecule has 0 amide bonds. The van der Waals surface area contributed by atoms with E-state index < -0.39 is 9.84 Å². The van der Waals surface area contributed by atoms with Crippen LogP contribution in [-0.4, -0.2) is 40.6 Å². The topological polar surface area (TPSA) is 72.2 Å². The van der Waals surface area contributed by atoms with Crippen molar-refractivity contribution in [3.8, 4) is 0 Å². The fourth-order valence-corrected chi connectivity index (χ4v) is 1.08. The van der Waals surface area contributed by atoms with Gasteiger partial charge in [-0.25, -0.2) is 8.42 Å². The predicted octanol–water partition coefficient (Wildman–Crippen LogP) is -0.525. The summed E-state index contributed by atoms with van der Waals surface area (Å²) in [6, 6.07) is 0. The van der Waals surface area contributed by atoms with E-state index in [-0.39, 0.29) is 84.4 Å². The molecule has 0 atom stereocenters. The second kappa shape index (κ2) is 20.5. The molecular formula is C7H20N2O2SY2-2. The normalized spacial score (nSPS) is 8.93. The van der Waals surface area contributed by atoms with Crippen molar-refractivity contribution in [1.29, 1.82) is 0 Å². The molecule has 0 spiro atoms. The van der Waals surface area contributed by atoms with Crippen LogP contribution in [0.25, 0.3) is 0 Å². The number of nitrogens with one attached hydrogen (secondary N) is 1. The van der Waals surface area contributed by atoms with Gasteiger partial charge in [0, 0.05) is 72.0 Å². The molecule has 0 aromatic heterocycles. The third kappa shape index (κ3) is 23.7. The molecule has 0 bridgehead atoms. The van der Waals surface area contributed by atoms with E-state index >= 15 is 0 Å². The van der Waals surface area contributed by atoms with Gasteiger partial charge in [-0.3, -0.25) is 0 Å². The number of sulfone groups is 1. The first-order valence-corrected chi connectivity index (χ1v) is 5.09. The van der Waals surface area contributed by atoms with Crippen molar-refractivity contribution in [1.82, 2.24) is 5.32 Å². The Hall–Kier alpha value is 2.08. The van der Waals surface area contributed by atoms with Crippen LogP contribution in [0.15, 0.2) is 0 Å². The zero-order valence-electron chi connectivity index (χ0n) is 10.2. The van der Waals surface area contributed by atoms with Crippen molar-refractivity contribution in [3.63, 3.8) is 0 Å². The average Bonchev–Trinajstić information content (AvgIpc) is 2.03. The van der Waals surface area contributed by atoms with Crippen molar-refractivity contribution in [2.45, 2.75) is 0 Å². The van der Waals surface area contributed by atoms with Gasteiger partial charge in [0.05, 0.1) is 5.75 Å². The van der Waals surface area contributed by atoms with Crippen LogP contribution in [0.5, 0.6) is 0 Å². The van der Waals surface area contributed by atoms with Crippen molar-refractivity contribution < 1.29 is 75.2 Å². The summed E-state index contributed by atoms with van der Waals surface area (Å²) in [5.74, 6) is 0.182. The Labute approximate surface area is 141 Å². The summed E-state index contributed by atoms with van der Waals surface area (Å²) in [7, 11) is 0.407. The number of rotatable bonds is 4. The number of hydrogen-bond donors (Lipinski definition) is 2. The smallest absolute Gasteiger partial charge is 0.123 e. The van der Waals surface area contributed by atoms with Crippen LogP contribution in [0, 0.1) is 14.4 Å². The third-order valence-corrected chi connectivity index (χ3v) is 2.42. The Balaban J connectivity index is -0.0000000500. The van der Waals surface area contributed by atoms with Gasteiger partial charge in [-0.05, 0) is 14.1 Å². The van der Waals surface area contributed by atoms with E-state index in [2.05, 4.69) is 12.2 Å². The third-order valence-electron chi connectivity index (χ3n) is 0.974. The summed E-state index contributed by atoms with van der Waals surface area (Å²) >= 11 is 0. The van der Waals surface area contributed by atoms with E-state index in [1.165, 1.54) is 0 Å². The van der Waals surface area contributed by atoms with E-state index in [0.29, 0.717) is 6.54 Å². The van der Waals surface area contributed by atoms with Crippen LogP contribution in [0.1, 0.15) is 0 Å². The Kier molecular flexibility index (Phi) is 36.7. The van der Waals surface area contributed by atoms with Gasteiger partial charge in [0.25, 0.3) is 0 Å². The molecule has 3 N–H and O–H groups in total. The molecule has 4 nitrogen and oxygen atoms in total. The summed E-state index contributed by atoms with van der Waals surface area (Å²) in [5.41, 5.74) is 2.00. The molecule has 0 saturated carbocycles. The zero-order valence-corrected chi connectivity index (χ0v) is 15.7. The maximum atomic E-state index is 10.7. The molecule has 0 saturated heterocycles. The maximum Gasteiger partial charge on any atom is 0.123 e. The van der Waals surface area contributed by atoms with E-state index in [4.69, 9.17) is 1.41 Å². The summed E-state index contributed by atoms with van der Waals surface area (Å²) in [6.07, 6.45) is 0. The van der Waals surface area contributed by atoms with Gasteiger partial charge in [-0.2, -0.15) is 0 Å². The van der Waals surface area contributed by atoms with Crippen LogP contribution in [-0.2, 0) is 75.3 Å². The van der Waals surface area contributed by atoms with Crippen LogP contribution < -0.4 is 11.0 Å². The molecule has 0 aromatic rings. The predicted molar refractivity (Wildman–Crippen MR) is 54.5 cm³/mol. The summed E-state index contributed by atoms with van der Waals surface area (Å²) in [6.45, 7) is 3.81. The molecule has 84 valence electrons. The molecule has 0 aliphatic rings. The van der Waals surface area contributed by atoms with Gasteiger partial charge in [-0.15, -0.1) is 0 Å². The molecular weight excluding hydrogens is 354 g/mol. The minimum Gasteiger partial charge on any atom is -0.358 e.